The van der Waals surface area contributed by atoms with Crippen molar-refractivity contribution in [2.75, 3.05) is 26.7 Å². The summed E-state index contributed by atoms with van der Waals surface area (Å²) in [6.07, 6.45) is 7.84. The third kappa shape index (κ3) is 4.46. The first-order chi connectivity index (χ1) is 9.19. The molecule has 19 heavy (non-hydrogen) atoms. The van der Waals surface area contributed by atoms with Gasteiger partial charge in [-0.15, -0.1) is 0 Å². The molecule has 0 amide bonds. The minimum atomic E-state index is -0.237. The highest BCUT2D eigenvalue weighted by atomic mass is 16.5. The SMILES string of the molecule is COC(=O)C1CCCN(CC(O)CC2CCCC2)C1. The molecule has 110 valence electrons. The van der Waals surface area contributed by atoms with Crippen molar-refractivity contribution in [1.82, 2.24) is 4.90 Å². The Morgan fingerprint density at radius 2 is 2.05 bits per heavy atom. The summed E-state index contributed by atoms with van der Waals surface area (Å²) >= 11 is 0. The first-order valence-corrected chi connectivity index (χ1v) is 7.67. The first kappa shape index (κ1) is 14.8. The number of aliphatic hydroxyl groups excluding tert-OH is 1. The van der Waals surface area contributed by atoms with E-state index < -0.39 is 0 Å². The van der Waals surface area contributed by atoms with Crippen LogP contribution in [0, 0.1) is 11.8 Å². The number of aliphatic hydroxyl groups is 1. The van der Waals surface area contributed by atoms with E-state index in [1.165, 1.54) is 32.8 Å². The van der Waals surface area contributed by atoms with Crippen LogP contribution >= 0.6 is 0 Å². The first-order valence-electron chi connectivity index (χ1n) is 7.67. The van der Waals surface area contributed by atoms with Crippen molar-refractivity contribution in [3.05, 3.63) is 0 Å². The number of carbonyl (C=O) groups excluding carboxylic acids is 1. The number of esters is 1. The molecule has 2 rings (SSSR count). The van der Waals surface area contributed by atoms with Crippen LogP contribution in [0.25, 0.3) is 0 Å². The van der Waals surface area contributed by atoms with Crippen LogP contribution in [0.1, 0.15) is 44.9 Å². The van der Waals surface area contributed by atoms with Gasteiger partial charge in [0.15, 0.2) is 0 Å². The molecule has 0 bridgehead atoms. The van der Waals surface area contributed by atoms with Gasteiger partial charge < -0.3 is 9.84 Å². The number of β-amino-alcohol motifs (C(OH)–C–C–N with tert-alkyl or cyclic N) is 1. The lowest BCUT2D eigenvalue weighted by molar-refractivity contribution is -0.147. The maximum atomic E-state index is 11.6. The fraction of sp³-hybridized carbons (Fsp3) is 0.933. The Hall–Kier alpha value is -0.610. The minimum absolute atomic E-state index is 0.00238. The van der Waals surface area contributed by atoms with Gasteiger partial charge in [0, 0.05) is 13.1 Å². The second-order valence-corrected chi connectivity index (χ2v) is 6.16. The molecule has 1 heterocycles. The monoisotopic (exact) mass is 269 g/mol. The van der Waals surface area contributed by atoms with Gasteiger partial charge in [0.2, 0.25) is 0 Å². The zero-order valence-electron chi connectivity index (χ0n) is 12.0. The molecule has 0 spiro atoms. The second-order valence-electron chi connectivity index (χ2n) is 6.16. The highest BCUT2D eigenvalue weighted by molar-refractivity contribution is 5.72. The molecule has 2 fully saturated rings. The van der Waals surface area contributed by atoms with Gasteiger partial charge in [-0.2, -0.15) is 0 Å². The van der Waals surface area contributed by atoms with Crippen molar-refractivity contribution in [3.63, 3.8) is 0 Å². The number of methoxy groups -OCH3 is 1. The topological polar surface area (TPSA) is 49.8 Å². The molecule has 2 unspecified atom stereocenters. The van der Waals surface area contributed by atoms with Crippen LogP contribution in [-0.2, 0) is 9.53 Å². The van der Waals surface area contributed by atoms with Gasteiger partial charge in [0.05, 0.1) is 19.1 Å². The van der Waals surface area contributed by atoms with Gasteiger partial charge >= 0.3 is 5.97 Å². The molecule has 1 N–H and O–H groups in total. The Balaban J connectivity index is 1.73. The average Bonchev–Trinajstić information content (AvgIpc) is 2.90. The summed E-state index contributed by atoms with van der Waals surface area (Å²) in [7, 11) is 1.45. The third-order valence-corrected chi connectivity index (χ3v) is 4.59. The van der Waals surface area contributed by atoms with Gasteiger partial charge in [-0.25, -0.2) is 0 Å². The van der Waals surface area contributed by atoms with Crippen molar-refractivity contribution in [2.24, 2.45) is 11.8 Å². The number of carbonyl (C=O) groups is 1. The predicted molar refractivity (Wildman–Crippen MR) is 73.8 cm³/mol. The number of piperidine rings is 1. The average molecular weight is 269 g/mol. The standard InChI is InChI=1S/C15H27NO3/c1-19-15(18)13-7-4-8-16(10-13)11-14(17)9-12-5-2-3-6-12/h12-14,17H,2-11H2,1H3. The maximum Gasteiger partial charge on any atom is 0.309 e. The van der Waals surface area contributed by atoms with E-state index >= 15 is 0 Å². The lowest BCUT2D eigenvalue weighted by atomic mass is 9.96. The van der Waals surface area contributed by atoms with E-state index in [0.29, 0.717) is 6.54 Å². The van der Waals surface area contributed by atoms with E-state index in [4.69, 9.17) is 4.74 Å². The van der Waals surface area contributed by atoms with Crippen molar-refractivity contribution >= 4 is 5.97 Å². The summed E-state index contributed by atoms with van der Waals surface area (Å²) in [5, 5.41) is 10.2. The minimum Gasteiger partial charge on any atom is -0.469 e. The molecule has 1 aliphatic heterocycles. The number of ether oxygens (including phenoxy) is 1. The van der Waals surface area contributed by atoms with Crippen LogP contribution in [0.4, 0.5) is 0 Å². The van der Waals surface area contributed by atoms with Gasteiger partial charge in [0.1, 0.15) is 0 Å². The molecule has 0 aromatic rings. The predicted octanol–water partition coefficient (Wildman–Crippen LogP) is 1.81. The number of hydrogen-bond acceptors (Lipinski definition) is 4. The number of rotatable bonds is 5. The van der Waals surface area contributed by atoms with Gasteiger partial charge in [-0.05, 0) is 31.7 Å². The molecule has 4 nitrogen and oxygen atoms in total. The van der Waals surface area contributed by atoms with Crippen molar-refractivity contribution in [2.45, 2.75) is 51.0 Å². The van der Waals surface area contributed by atoms with E-state index in [9.17, 15) is 9.90 Å². The van der Waals surface area contributed by atoms with Gasteiger partial charge in [-0.3, -0.25) is 9.69 Å². The molecule has 0 aromatic carbocycles. The molecule has 1 saturated carbocycles. The van der Waals surface area contributed by atoms with Crippen LogP contribution in [0.3, 0.4) is 0 Å². The fourth-order valence-electron chi connectivity index (χ4n) is 3.58. The summed E-state index contributed by atoms with van der Waals surface area (Å²) in [5.74, 6) is 0.614. The Morgan fingerprint density at radius 1 is 1.32 bits per heavy atom. The summed E-state index contributed by atoms with van der Waals surface area (Å²) in [4.78, 5) is 13.8. The normalized spacial score (nSPS) is 27.4. The zero-order valence-corrected chi connectivity index (χ0v) is 12.0. The highest BCUT2D eigenvalue weighted by Crippen LogP contribution is 2.29. The maximum absolute atomic E-state index is 11.6. The Bertz CT molecular complexity index is 289. The molecular formula is C15H27NO3. The summed E-state index contributed by atoms with van der Waals surface area (Å²) in [6.45, 7) is 2.45. The summed E-state index contributed by atoms with van der Waals surface area (Å²) in [6, 6.07) is 0. The van der Waals surface area contributed by atoms with Crippen molar-refractivity contribution in [1.29, 1.82) is 0 Å². The van der Waals surface area contributed by atoms with E-state index in [2.05, 4.69) is 4.90 Å². The number of hydrogen-bond donors (Lipinski definition) is 1. The molecule has 4 heteroatoms. The molecule has 2 aliphatic rings. The van der Waals surface area contributed by atoms with Crippen LogP contribution in [-0.4, -0.2) is 48.8 Å². The van der Waals surface area contributed by atoms with Gasteiger partial charge in [-0.1, -0.05) is 25.7 Å². The zero-order chi connectivity index (χ0) is 13.7. The molecule has 0 aromatic heterocycles. The van der Waals surface area contributed by atoms with Crippen molar-refractivity contribution in [3.8, 4) is 0 Å². The van der Waals surface area contributed by atoms with Gasteiger partial charge in [0.25, 0.3) is 0 Å². The summed E-state index contributed by atoms with van der Waals surface area (Å²) < 4.78 is 4.82. The highest BCUT2D eigenvalue weighted by Gasteiger charge is 2.28. The van der Waals surface area contributed by atoms with Crippen LogP contribution in [0.2, 0.25) is 0 Å². The van der Waals surface area contributed by atoms with E-state index in [0.717, 1.165) is 38.3 Å². The molecule has 0 radical (unpaired) electrons. The molecule has 2 atom stereocenters. The Kier molecular flexibility index (Phi) is 5.64. The largest absolute Gasteiger partial charge is 0.469 e. The fourth-order valence-corrected chi connectivity index (χ4v) is 3.58. The third-order valence-electron chi connectivity index (χ3n) is 4.59. The lowest BCUT2D eigenvalue weighted by Gasteiger charge is -2.33. The Labute approximate surface area is 116 Å². The van der Waals surface area contributed by atoms with Crippen molar-refractivity contribution < 1.29 is 14.6 Å². The quantitative estimate of drug-likeness (QED) is 0.773. The van der Waals surface area contributed by atoms with E-state index in [1.807, 2.05) is 0 Å². The van der Waals surface area contributed by atoms with Crippen LogP contribution < -0.4 is 0 Å². The van der Waals surface area contributed by atoms with Crippen LogP contribution in [0.15, 0.2) is 0 Å². The lowest BCUT2D eigenvalue weighted by Crippen LogP contribution is -2.43. The Morgan fingerprint density at radius 3 is 2.74 bits per heavy atom. The van der Waals surface area contributed by atoms with E-state index in [-0.39, 0.29) is 18.0 Å². The molecular weight excluding hydrogens is 242 g/mol. The smallest absolute Gasteiger partial charge is 0.309 e. The summed E-state index contributed by atoms with van der Waals surface area (Å²) in [5.41, 5.74) is 0. The molecule has 1 saturated heterocycles. The number of likely N-dealkylation sites (tertiary alicyclic amines) is 1. The second kappa shape index (κ2) is 7.25. The van der Waals surface area contributed by atoms with E-state index in [1.54, 1.807) is 0 Å². The molecule has 1 aliphatic carbocycles. The van der Waals surface area contributed by atoms with Crippen LogP contribution in [0.5, 0.6) is 0 Å². The number of nitrogens with zero attached hydrogens (tertiary/aromatic N) is 1.